The van der Waals surface area contributed by atoms with E-state index in [-0.39, 0.29) is 32.0 Å². The molecule has 4 N–H and O–H groups in total. The molecule has 0 bridgehead atoms. The maximum Gasteiger partial charge on any atom is 0.306 e. The van der Waals surface area contributed by atoms with Crippen LogP contribution in [0.2, 0.25) is 0 Å². The highest BCUT2D eigenvalue weighted by Crippen LogP contribution is 2.23. The van der Waals surface area contributed by atoms with Gasteiger partial charge in [0, 0.05) is 12.8 Å². The van der Waals surface area contributed by atoms with Crippen LogP contribution in [0, 0.1) is 0 Å². The Labute approximate surface area is 360 Å². The normalized spacial score (nSPS) is 20.1. The van der Waals surface area contributed by atoms with Gasteiger partial charge in [-0.25, -0.2) is 0 Å². The van der Waals surface area contributed by atoms with Gasteiger partial charge in [-0.2, -0.15) is 0 Å². The third-order valence-corrected chi connectivity index (χ3v) is 11.3. The summed E-state index contributed by atoms with van der Waals surface area (Å²) >= 11 is 0. The van der Waals surface area contributed by atoms with Crippen LogP contribution < -0.4 is 0 Å². The lowest BCUT2D eigenvalue weighted by atomic mass is 9.99. The number of aliphatic hydroxyl groups is 4. The molecule has 0 saturated carbocycles. The molecule has 6 atom stereocenters. The number of hydrogen-bond acceptors (Lipinski definition) is 10. The number of carbonyl (C=O) groups excluding carboxylic acids is 2. The number of rotatable bonds is 41. The van der Waals surface area contributed by atoms with Crippen molar-refractivity contribution in [1.82, 2.24) is 0 Å². The molecule has 10 nitrogen and oxygen atoms in total. The Hall–Kier alpha value is -1.82. The summed E-state index contributed by atoms with van der Waals surface area (Å²) in [6.07, 6.45) is 37.5. The molecule has 1 aliphatic heterocycles. The third-order valence-electron chi connectivity index (χ3n) is 11.3. The van der Waals surface area contributed by atoms with Crippen LogP contribution in [0.5, 0.6) is 0 Å². The van der Waals surface area contributed by atoms with Gasteiger partial charge in [0.25, 0.3) is 0 Å². The Bertz CT molecular complexity index is 1020. The number of ether oxygens (including phenoxy) is 4. The molecule has 1 heterocycles. The van der Waals surface area contributed by atoms with E-state index < -0.39 is 49.4 Å². The molecular formula is C49H90O10. The second-order valence-electron chi connectivity index (χ2n) is 16.9. The average Bonchev–Trinajstić information content (AvgIpc) is 3.23. The van der Waals surface area contributed by atoms with E-state index in [9.17, 15) is 30.0 Å². The quantitative estimate of drug-likeness (QED) is 0.0266. The molecule has 59 heavy (non-hydrogen) atoms. The van der Waals surface area contributed by atoms with E-state index in [4.69, 9.17) is 18.9 Å². The lowest BCUT2D eigenvalue weighted by Gasteiger charge is -2.39. The second kappa shape index (κ2) is 40.3. The smallest absolute Gasteiger partial charge is 0.306 e. The van der Waals surface area contributed by atoms with Crippen molar-refractivity contribution in [3.63, 3.8) is 0 Å². The summed E-state index contributed by atoms with van der Waals surface area (Å²) in [6.45, 7) is 3.41. The third kappa shape index (κ3) is 31.7. The fraction of sp³-hybridized carbons (Fsp3) is 0.878. The highest BCUT2D eigenvalue weighted by molar-refractivity contribution is 5.70. The van der Waals surface area contributed by atoms with Gasteiger partial charge in [0.05, 0.1) is 13.2 Å². The predicted octanol–water partition coefficient (Wildman–Crippen LogP) is 10.9. The summed E-state index contributed by atoms with van der Waals surface area (Å²) < 4.78 is 22.2. The van der Waals surface area contributed by atoms with Crippen LogP contribution in [0.4, 0.5) is 0 Å². The SMILES string of the molecule is CCCCC/C=C/C/C=C/CCCCCCCC(=O)O[C@@H](COC(=O)CCCCCCCCCCCCCCCCCCCCC)CO[C@H]1O[C@@H](CO)[C@@H](O)C(O)C1O. The minimum Gasteiger partial charge on any atom is -0.462 e. The Morgan fingerprint density at radius 1 is 0.525 bits per heavy atom. The molecule has 0 aliphatic carbocycles. The molecule has 0 amide bonds. The molecule has 1 saturated heterocycles. The van der Waals surface area contributed by atoms with Crippen LogP contribution in [0.1, 0.15) is 219 Å². The molecule has 0 aromatic carbocycles. The summed E-state index contributed by atoms with van der Waals surface area (Å²) in [5.74, 6) is -0.812. The van der Waals surface area contributed by atoms with Crippen LogP contribution in [-0.2, 0) is 28.5 Å². The van der Waals surface area contributed by atoms with Crippen molar-refractivity contribution in [3.8, 4) is 0 Å². The van der Waals surface area contributed by atoms with Crippen LogP contribution in [0.3, 0.4) is 0 Å². The van der Waals surface area contributed by atoms with E-state index in [1.54, 1.807) is 0 Å². The van der Waals surface area contributed by atoms with Crippen LogP contribution in [-0.4, -0.2) is 89.0 Å². The Morgan fingerprint density at radius 2 is 0.949 bits per heavy atom. The van der Waals surface area contributed by atoms with Gasteiger partial charge in [-0.3, -0.25) is 9.59 Å². The highest BCUT2D eigenvalue weighted by Gasteiger charge is 2.44. The monoisotopic (exact) mass is 839 g/mol. The van der Waals surface area contributed by atoms with Gasteiger partial charge in [-0.15, -0.1) is 0 Å². The lowest BCUT2D eigenvalue weighted by Crippen LogP contribution is -2.59. The van der Waals surface area contributed by atoms with Crippen molar-refractivity contribution in [3.05, 3.63) is 24.3 Å². The number of aliphatic hydroxyl groups excluding tert-OH is 4. The summed E-state index contributed by atoms with van der Waals surface area (Å²) in [5.41, 5.74) is 0. The van der Waals surface area contributed by atoms with Crippen LogP contribution in [0.15, 0.2) is 24.3 Å². The largest absolute Gasteiger partial charge is 0.462 e. The minimum absolute atomic E-state index is 0.217. The molecular weight excluding hydrogens is 749 g/mol. The number of carbonyl (C=O) groups is 2. The highest BCUT2D eigenvalue weighted by atomic mass is 16.7. The molecule has 0 aromatic heterocycles. The summed E-state index contributed by atoms with van der Waals surface area (Å²) in [5, 5.41) is 40.1. The zero-order chi connectivity index (χ0) is 43.0. The number of esters is 2. The minimum atomic E-state index is -1.60. The summed E-state index contributed by atoms with van der Waals surface area (Å²) in [6, 6.07) is 0. The van der Waals surface area contributed by atoms with Crippen molar-refractivity contribution >= 4 is 11.9 Å². The number of allylic oxidation sites excluding steroid dienone is 4. The zero-order valence-corrected chi connectivity index (χ0v) is 37.8. The maximum atomic E-state index is 12.8. The maximum absolute atomic E-state index is 12.8. The first kappa shape index (κ1) is 55.2. The molecule has 0 radical (unpaired) electrons. The van der Waals surface area contributed by atoms with Gasteiger partial charge >= 0.3 is 11.9 Å². The standard InChI is InChI=1S/C49H90O10/c1-3-5-7-9-11-13-15-17-19-20-21-22-24-25-27-29-31-33-35-37-44(51)56-40-42(41-57-49-48(55)47(54)46(53)43(39-50)59-49)58-45(52)38-36-34-32-30-28-26-23-18-16-14-12-10-8-6-4-2/h12,14,18,23,42-43,46-50,53-55H,3-11,13,15-17,19-22,24-41H2,1-2H3/b14-12+,23-18+/t42-,43-,46+,47?,48?,49-/m0/s1. The van der Waals surface area contributed by atoms with E-state index in [1.165, 1.54) is 128 Å². The fourth-order valence-electron chi connectivity index (χ4n) is 7.45. The Balaban J connectivity index is 2.28. The molecule has 1 aliphatic rings. The van der Waals surface area contributed by atoms with Crippen molar-refractivity contribution in [2.45, 2.75) is 256 Å². The topological polar surface area (TPSA) is 152 Å². The van der Waals surface area contributed by atoms with Gasteiger partial charge in [-0.05, 0) is 44.9 Å². The Morgan fingerprint density at radius 3 is 1.44 bits per heavy atom. The first-order valence-electron chi connectivity index (χ1n) is 24.4. The van der Waals surface area contributed by atoms with E-state index in [0.717, 1.165) is 57.8 Å². The zero-order valence-electron chi connectivity index (χ0n) is 37.8. The van der Waals surface area contributed by atoms with Crippen molar-refractivity contribution < 1.29 is 49.0 Å². The molecule has 1 fully saturated rings. The van der Waals surface area contributed by atoms with E-state index >= 15 is 0 Å². The second-order valence-corrected chi connectivity index (χ2v) is 16.9. The predicted molar refractivity (Wildman–Crippen MR) is 238 cm³/mol. The first-order valence-corrected chi connectivity index (χ1v) is 24.4. The molecule has 0 spiro atoms. The summed E-state index contributed by atoms with van der Waals surface area (Å²) in [4.78, 5) is 25.4. The van der Waals surface area contributed by atoms with Crippen molar-refractivity contribution in [1.29, 1.82) is 0 Å². The molecule has 0 aromatic rings. The summed E-state index contributed by atoms with van der Waals surface area (Å²) in [7, 11) is 0. The van der Waals surface area contributed by atoms with Gasteiger partial charge in [0.2, 0.25) is 0 Å². The molecule has 10 heteroatoms. The van der Waals surface area contributed by atoms with Crippen molar-refractivity contribution in [2.75, 3.05) is 19.8 Å². The van der Waals surface area contributed by atoms with Gasteiger partial charge < -0.3 is 39.4 Å². The Kier molecular flexibility index (Phi) is 37.7. The first-order chi connectivity index (χ1) is 28.8. The fourth-order valence-corrected chi connectivity index (χ4v) is 7.45. The lowest BCUT2D eigenvalue weighted by molar-refractivity contribution is -0.305. The number of unbranched alkanes of at least 4 members (excludes halogenated alkanes) is 26. The van der Waals surface area contributed by atoms with E-state index in [0.29, 0.717) is 6.42 Å². The van der Waals surface area contributed by atoms with Crippen LogP contribution >= 0.6 is 0 Å². The molecule has 1 rings (SSSR count). The van der Waals surface area contributed by atoms with E-state index in [2.05, 4.69) is 38.2 Å². The van der Waals surface area contributed by atoms with Gasteiger partial charge in [0.15, 0.2) is 12.4 Å². The van der Waals surface area contributed by atoms with Gasteiger partial charge in [0.1, 0.15) is 31.0 Å². The van der Waals surface area contributed by atoms with Crippen LogP contribution in [0.25, 0.3) is 0 Å². The number of hydrogen-bond donors (Lipinski definition) is 4. The van der Waals surface area contributed by atoms with Crippen molar-refractivity contribution in [2.24, 2.45) is 0 Å². The van der Waals surface area contributed by atoms with E-state index in [1.807, 2.05) is 0 Å². The van der Waals surface area contributed by atoms with Gasteiger partial charge in [-0.1, -0.05) is 186 Å². The molecule has 346 valence electrons. The average molecular weight is 839 g/mol. The molecule has 2 unspecified atom stereocenters.